The molecule has 0 aliphatic rings. The molecule has 2 heterocycles. The largest absolute Gasteiger partial charge is 0.382 e. The van der Waals surface area contributed by atoms with Crippen molar-refractivity contribution in [3.05, 3.63) is 29.3 Å². The first-order valence-electron chi connectivity index (χ1n) is 4.66. The minimum atomic E-state index is -0.287. The van der Waals surface area contributed by atoms with Gasteiger partial charge in [-0.2, -0.15) is 5.10 Å². The van der Waals surface area contributed by atoms with Crippen LogP contribution in [0.3, 0.4) is 0 Å². The minimum Gasteiger partial charge on any atom is -0.382 e. The van der Waals surface area contributed by atoms with E-state index in [1.54, 1.807) is 13.0 Å². The predicted octanol–water partition coefficient (Wildman–Crippen LogP) is 0.218. The Morgan fingerprint density at radius 3 is 3.00 bits per heavy atom. The van der Waals surface area contributed by atoms with Crippen molar-refractivity contribution in [3.8, 4) is 0 Å². The molecule has 84 valence electrons. The molecule has 2 rings (SSSR count). The molecule has 0 aromatic carbocycles. The average molecular weight is 221 g/mol. The SMILES string of the molecule is Cc1cc(CNC(=O)c2cc(N)n[nH]2)no1. The monoisotopic (exact) mass is 221 g/mol. The molecule has 0 aliphatic heterocycles. The molecule has 1 amide bonds. The van der Waals surface area contributed by atoms with E-state index < -0.39 is 0 Å². The zero-order chi connectivity index (χ0) is 11.5. The van der Waals surface area contributed by atoms with Crippen molar-refractivity contribution >= 4 is 11.7 Å². The lowest BCUT2D eigenvalue weighted by atomic mass is 10.3. The maximum Gasteiger partial charge on any atom is 0.269 e. The molecule has 0 bridgehead atoms. The number of hydrogen-bond acceptors (Lipinski definition) is 5. The Balaban J connectivity index is 1.93. The first-order chi connectivity index (χ1) is 7.65. The van der Waals surface area contributed by atoms with E-state index in [0.29, 0.717) is 23.7 Å². The molecule has 0 aliphatic carbocycles. The van der Waals surface area contributed by atoms with Gasteiger partial charge in [-0.25, -0.2) is 0 Å². The van der Waals surface area contributed by atoms with E-state index in [0.717, 1.165) is 0 Å². The molecule has 7 heteroatoms. The van der Waals surface area contributed by atoms with Crippen LogP contribution in [0.4, 0.5) is 5.82 Å². The third-order valence-corrected chi connectivity index (χ3v) is 1.95. The molecule has 2 aromatic heterocycles. The summed E-state index contributed by atoms with van der Waals surface area (Å²) in [7, 11) is 0. The van der Waals surface area contributed by atoms with Gasteiger partial charge in [0.05, 0.1) is 6.54 Å². The van der Waals surface area contributed by atoms with Gasteiger partial charge in [-0.15, -0.1) is 0 Å². The molecule has 0 spiro atoms. The Morgan fingerprint density at radius 1 is 1.62 bits per heavy atom. The van der Waals surface area contributed by atoms with E-state index in [2.05, 4.69) is 20.7 Å². The van der Waals surface area contributed by atoms with Gasteiger partial charge >= 0.3 is 0 Å². The van der Waals surface area contributed by atoms with Crippen molar-refractivity contribution in [3.63, 3.8) is 0 Å². The number of carbonyl (C=O) groups is 1. The zero-order valence-corrected chi connectivity index (χ0v) is 8.65. The summed E-state index contributed by atoms with van der Waals surface area (Å²) in [5.74, 6) is 0.697. The molecule has 16 heavy (non-hydrogen) atoms. The second-order valence-corrected chi connectivity index (χ2v) is 3.32. The highest BCUT2D eigenvalue weighted by Gasteiger charge is 2.09. The molecule has 2 aromatic rings. The van der Waals surface area contributed by atoms with Gasteiger partial charge in [0.2, 0.25) is 0 Å². The number of H-pyrrole nitrogens is 1. The number of nitrogens with two attached hydrogens (primary N) is 1. The number of nitrogens with zero attached hydrogens (tertiary/aromatic N) is 2. The quantitative estimate of drug-likeness (QED) is 0.686. The topological polar surface area (TPSA) is 110 Å². The molecule has 4 N–H and O–H groups in total. The van der Waals surface area contributed by atoms with Crippen molar-refractivity contribution < 1.29 is 9.32 Å². The van der Waals surface area contributed by atoms with E-state index >= 15 is 0 Å². The van der Waals surface area contributed by atoms with Crippen LogP contribution < -0.4 is 11.1 Å². The highest BCUT2D eigenvalue weighted by Crippen LogP contribution is 2.03. The summed E-state index contributed by atoms with van der Waals surface area (Å²) in [6, 6.07) is 3.21. The van der Waals surface area contributed by atoms with Crippen molar-refractivity contribution in [2.45, 2.75) is 13.5 Å². The Hall–Kier alpha value is -2.31. The van der Waals surface area contributed by atoms with E-state index in [1.165, 1.54) is 6.07 Å². The second kappa shape index (κ2) is 4.05. The maximum absolute atomic E-state index is 11.5. The molecule has 0 saturated carbocycles. The van der Waals surface area contributed by atoms with E-state index in [4.69, 9.17) is 10.3 Å². The molecular formula is C9H11N5O2. The number of carbonyl (C=O) groups excluding carboxylic acids is 1. The number of aromatic nitrogens is 3. The number of aromatic amines is 1. The summed E-state index contributed by atoms with van der Waals surface area (Å²) in [6.45, 7) is 2.09. The van der Waals surface area contributed by atoms with Gasteiger partial charge in [0, 0.05) is 12.1 Å². The average Bonchev–Trinajstić information content (AvgIpc) is 2.84. The Morgan fingerprint density at radius 2 is 2.44 bits per heavy atom. The molecular weight excluding hydrogens is 210 g/mol. The number of nitrogens with one attached hydrogen (secondary N) is 2. The van der Waals surface area contributed by atoms with Crippen LogP contribution in [0.2, 0.25) is 0 Å². The van der Waals surface area contributed by atoms with Crippen LogP contribution in [0.5, 0.6) is 0 Å². The van der Waals surface area contributed by atoms with Crippen LogP contribution in [0.25, 0.3) is 0 Å². The molecule has 0 radical (unpaired) electrons. The smallest absolute Gasteiger partial charge is 0.269 e. The molecule has 0 fully saturated rings. The van der Waals surface area contributed by atoms with Gasteiger partial charge in [0.25, 0.3) is 5.91 Å². The zero-order valence-electron chi connectivity index (χ0n) is 8.65. The highest BCUT2D eigenvalue weighted by molar-refractivity contribution is 5.92. The lowest BCUT2D eigenvalue weighted by molar-refractivity contribution is 0.0945. The summed E-state index contributed by atoms with van der Waals surface area (Å²) in [4.78, 5) is 11.5. The Labute approximate surface area is 91.0 Å². The summed E-state index contributed by atoms with van der Waals surface area (Å²) in [6.07, 6.45) is 0. The summed E-state index contributed by atoms with van der Waals surface area (Å²) in [5.41, 5.74) is 6.36. The van der Waals surface area contributed by atoms with Crippen molar-refractivity contribution in [2.24, 2.45) is 0 Å². The molecule has 0 saturated heterocycles. The normalized spacial score (nSPS) is 10.3. The highest BCUT2D eigenvalue weighted by atomic mass is 16.5. The van der Waals surface area contributed by atoms with Crippen LogP contribution in [-0.2, 0) is 6.54 Å². The van der Waals surface area contributed by atoms with E-state index in [9.17, 15) is 4.79 Å². The summed E-state index contributed by atoms with van der Waals surface area (Å²) >= 11 is 0. The third-order valence-electron chi connectivity index (χ3n) is 1.95. The van der Waals surface area contributed by atoms with Gasteiger partial charge in [-0.05, 0) is 6.92 Å². The first-order valence-corrected chi connectivity index (χ1v) is 4.66. The maximum atomic E-state index is 11.5. The molecule has 0 atom stereocenters. The van der Waals surface area contributed by atoms with Gasteiger partial charge in [0.15, 0.2) is 0 Å². The minimum absolute atomic E-state index is 0.280. The first kappa shape index (κ1) is 10.2. The lowest BCUT2D eigenvalue weighted by Gasteiger charge is -1.98. The van der Waals surface area contributed by atoms with Gasteiger partial charge in [0.1, 0.15) is 23.0 Å². The number of amides is 1. The molecule has 7 nitrogen and oxygen atoms in total. The van der Waals surface area contributed by atoms with Crippen LogP contribution >= 0.6 is 0 Å². The number of hydrogen-bond donors (Lipinski definition) is 3. The van der Waals surface area contributed by atoms with Crippen LogP contribution in [-0.4, -0.2) is 21.3 Å². The Kier molecular flexibility index (Phi) is 2.59. The lowest BCUT2D eigenvalue weighted by Crippen LogP contribution is -2.23. The molecule has 0 unspecified atom stereocenters. The van der Waals surface area contributed by atoms with Crippen molar-refractivity contribution in [1.29, 1.82) is 0 Å². The third kappa shape index (κ3) is 2.19. The van der Waals surface area contributed by atoms with Crippen molar-refractivity contribution in [2.75, 3.05) is 5.73 Å². The van der Waals surface area contributed by atoms with E-state index in [1.807, 2.05) is 0 Å². The number of nitrogen functional groups attached to an aromatic ring is 1. The van der Waals surface area contributed by atoms with Gasteiger partial charge in [-0.3, -0.25) is 9.89 Å². The van der Waals surface area contributed by atoms with Gasteiger partial charge in [-0.1, -0.05) is 5.16 Å². The fraction of sp³-hybridized carbons (Fsp3) is 0.222. The predicted molar refractivity (Wildman–Crippen MR) is 55.4 cm³/mol. The second-order valence-electron chi connectivity index (χ2n) is 3.32. The standard InChI is InChI=1S/C9H11N5O2/c1-5-2-6(14-16-5)4-11-9(15)7-3-8(10)13-12-7/h2-3H,4H2,1H3,(H,11,15)(H3,10,12,13). The summed E-state index contributed by atoms with van der Waals surface area (Å²) < 4.78 is 4.87. The fourth-order valence-corrected chi connectivity index (χ4v) is 1.22. The summed E-state index contributed by atoms with van der Waals surface area (Å²) in [5, 5.41) is 12.6. The van der Waals surface area contributed by atoms with Crippen LogP contribution in [0, 0.1) is 6.92 Å². The van der Waals surface area contributed by atoms with Gasteiger partial charge < -0.3 is 15.6 Å². The number of rotatable bonds is 3. The van der Waals surface area contributed by atoms with E-state index in [-0.39, 0.29) is 11.7 Å². The van der Waals surface area contributed by atoms with Crippen LogP contribution in [0.1, 0.15) is 21.9 Å². The number of aryl methyl sites for hydroxylation is 1. The fourth-order valence-electron chi connectivity index (χ4n) is 1.22. The van der Waals surface area contributed by atoms with Crippen molar-refractivity contribution in [1.82, 2.24) is 20.7 Å². The number of anilines is 1. The van der Waals surface area contributed by atoms with Crippen LogP contribution in [0.15, 0.2) is 16.7 Å². The Bertz CT molecular complexity index is 501.